The maximum Gasteiger partial charge on any atom is 0.338 e. The highest BCUT2D eigenvalue weighted by molar-refractivity contribution is 5.89. The van der Waals surface area contributed by atoms with Crippen molar-refractivity contribution in [1.82, 2.24) is 0 Å². The fourth-order valence-corrected chi connectivity index (χ4v) is 4.34. The third-order valence-corrected chi connectivity index (χ3v) is 6.52. The number of carboxylic acids is 1. The SMILES string of the molecule is C=C(C)C(=O)Oc1ccc(Oc2c(C)cc(C(=O)O)cc2C)cc1.C=C(C)C(=O)Oc1ccc(Oc2c(C)cc(C)cc2C)cc1. The Morgan fingerprint density at radius 1 is 0.543 bits per heavy atom. The lowest BCUT2D eigenvalue weighted by Gasteiger charge is -2.13. The zero-order valence-electron chi connectivity index (χ0n) is 27.1. The Bertz CT molecular complexity index is 1730. The maximum atomic E-state index is 11.5. The monoisotopic (exact) mass is 622 g/mol. The summed E-state index contributed by atoms with van der Waals surface area (Å²) in [7, 11) is 0. The van der Waals surface area contributed by atoms with Crippen LogP contribution < -0.4 is 18.9 Å². The second kappa shape index (κ2) is 15.4. The van der Waals surface area contributed by atoms with Gasteiger partial charge in [-0.2, -0.15) is 0 Å². The number of carboxylic acid groups (broad SMARTS) is 1. The molecule has 0 aromatic heterocycles. The summed E-state index contributed by atoms with van der Waals surface area (Å²) >= 11 is 0. The number of ether oxygens (including phenoxy) is 4. The van der Waals surface area contributed by atoms with E-state index in [1.807, 2.05) is 13.8 Å². The van der Waals surface area contributed by atoms with Crippen molar-refractivity contribution < 1.29 is 38.4 Å². The van der Waals surface area contributed by atoms with E-state index in [4.69, 9.17) is 24.1 Å². The van der Waals surface area contributed by atoms with Gasteiger partial charge in [-0.3, -0.25) is 0 Å². The largest absolute Gasteiger partial charge is 0.478 e. The van der Waals surface area contributed by atoms with Gasteiger partial charge in [0.15, 0.2) is 0 Å². The van der Waals surface area contributed by atoms with Crippen LogP contribution in [0.3, 0.4) is 0 Å². The van der Waals surface area contributed by atoms with Crippen LogP contribution in [-0.2, 0) is 9.59 Å². The van der Waals surface area contributed by atoms with Crippen molar-refractivity contribution in [2.75, 3.05) is 0 Å². The highest BCUT2D eigenvalue weighted by Crippen LogP contribution is 2.32. The number of hydrogen-bond acceptors (Lipinski definition) is 7. The van der Waals surface area contributed by atoms with Crippen LogP contribution in [0.2, 0.25) is 0 Å². The molecule has 4 aromatic rings. The molecule has 0 fully saturated rings. The van der Waals surface area contributed by atoms with Crippen LogP contribution >= 0.6 is 0 Å². The first-order valence-electron chi connectivity index (χ1n) is 14.4. The third-order valence-electron chi connectivity index (χ3n) is 6.52. The molecule has 4 aromatic carbocycles. The Hall–Kier alpha value is -5.63. The van der Waals surface area contributed by atoms with Crippen molar-refractivity contribution in [2.45, 2.75) is 48.5 Å². The average Bonchev–Trinajstić information content (AvgIpc) is 2.98. The molecule has 0 saturated carbocycles. The zero-order chi connectivity index (χ0) is 34.1. The molecule has 0 saturated heterocycles. The van der Waals surface area contributed by atoms with Crippen LogP contribution in [0.1, 0.15) is 52.0 Å². The van der Waals surface area contributed by atoms with Crippen LogP contribution in [0.4, 0.5) is 0 Å². The van der Waals surface area contributed by atoms with Crippen molar-refractivity contribution in [3.63, 3.8) is 0 Å². The molecular formula is C38H38O8. The summed E-state index contributed by atoms with van der Waals surface area (Å²) in [6, 6.07) is 20.8. The summed E-state index contributed by atoms with van der Waals surface area (Å²) in [5.74, 6) is 1.69. The first kappa shape index (κ1) is 34.9. The minimum Gasteiger partial charge on any atom is -0.478 e. The summed E-state index contributed by atoms with van der Waals surface area (Å²) in [6.45, 7) is 20.0. The van der Waals surface area contributed by atoms with E-state index < -0.39 is 17.9 Å². The highest BCUT2D eigenvalue weighted by Gasteiger charge is 2.13. The molecule has 0 spiro atoms. The quantitative estimate of drug-likeness (QED) is 0.112. The van der Waals surface area contributed by atoms with Gasteiger partial charge in [0, 0.05) is 11.1 Å². The van der Waals surface area contributed by atoms with Gasteiger partial charge in [-0.15, -0.1) is 0 Å². The van der Waals surface area contributed by atoms with Gasteiger partial charge in [0.2, 0.25) is 0 Å². The first-order valence-corrected chi connectivity index (χ1v) is 14.4. The number of esters is 2. The fraction of sp³-hybridized carbons (Fsp3) is 0.184. The normalized spacial score (nSPS) is 10.2. The standard InChI is InChI=1S/C19H18O5.C19H20O3/c1-11(2)19(22)24-16-7-5-15(6-8-16)23-17-12(3)9-14(18(20)21)10-13(17)4;1-12(2)19(20)22-17-8-6-16(7-9-17)21-18-14(4)10-13(3)11-15(18)5/h5-10H,1H2,2-4H3,(H,20,21);6-11H,1H2,2-5H3. The molecule has 0 radical (unpaired) electrons. The van der Waals surface area contributed by atoms with E-state index in [9.17, 15) is 14.4 Å². The molecule has 238 valence electrons. The predicted octanol–water partition coefficient (Wildman–Crippen LogP) is 9.16. The van der Waals surface area contributed by atoms with Crippen molar-refractivity contribution in [3.8, 4) is 34.5 Å². The van der Waals surface area contributed by atoms with E-state index in [0.717, 1.165) is 28.0 Å². The van der Waals surface area contributed by atoms with Gasteiger partial charge in [0.1, 0.15) is 34.5 Å². The van der Waals surface area contributed by atoms with Crippen molar-refractivity contribution in [2.24, 2.45) is 0 Å². The molecule has 0 bridgehead atoms. The van der Waals surface area contributed by atoms with E-state index in [-0.39, 0.29) is 5.56 Å². The first-order chi connectivity index (χ1) is 21.6. The van der Waals surface area contributed by atoms with Crippen LogP contribution in [-0.4, -0.2) is 23.0 Å². The number of rotatable bonds is 9. The second-order valence-electron chi connectivity index (χ2n) is 11.0. The van der Waals surface area contributed by atoms with Gasteiger partial charge in [0.25, 0.3) is 0 Å². The number of hydrogen-bond donors (Lipinski definition) is 1. The average molecular weight is 623 g/mol. The molecule has 0 heterocycles. The molecule has 0 amide bonds. The van der Waals surface area contributed by atoms with Crippen LogP contribution in [0.5, 0.6) is 34.5 Å². The van der Waals surface area contributed by atoms with Gasteiger partial charge in [-0.25, -0.2) is 14.4 Å². The number of aromatic carboxylic acids is 1. The minimum absolute atomic E-state index is 0.222. The Labute approximate surface area is 269 Å². The molecule has 0 aliphatic heterocycles. The molecule has 0 aliphatic carbocycles. The number of aryl methyl sites for hydroxylation is 5. The van der Waals surface area contributed by atoms with Crippen LogP contribution in [0, 0.1) is 34.6 Å². The summed E-state index contributed by atoms with van der Waals surface area (Å²) < 4.78 is 22.0. The van der Waals surface area contributed by atoms with E-state index in [2.05, 4.69) is 32.2 Å². The minimum atomic E-state index is -0.976. The van der Waals surface area contributed by atoms with E-state index >= 15 is 0 Å². The maximum absolute atomic E-state index is 11.5. The summed E-state index contributed by atoms with van der Waals surface area (Å²) in [5, 5.41) is 9.07. The lowest BCUT2D eigenvalue weighted by atomic mass is 10.1. The van der Waals surface area contributed by atoms with Crippen LogP contribution in [0.15, 0.2) is 97.1 Å². The second-order valence-corrected chi connectivity index (χ2v) is 11.0. The molecule has 0 unspecified atom stereocenters. The third kappa shape index (κ3) is 9.69. The smallest absolute Gasteiger partial charge is 0.338 e. The molecule has 1 N–H and O–H groups in total. The summed E-state index contributed by atoms with van der Waals surface area (Å²) in [4.78, 5) is 34.0. The predicted molar refractivity (Wildman–Crippen MR) is 177 cm³/mol. The highest BCUT2D eigenvalue weighted by atomic mass is 16.5. The Kier molecular flexibility index (Phi) is 11.7. The molecule has 4 rings (SSSR count). The Morgan fingerprint density at radius 2 is 0.848 bits per heavy atom. The lowest BCUT2D eigenvalue weighted by molar-refractivity contribution is -0.130. The molecule has 8 heteroatoms. The number of benzene rings is 4. The van der Waals surface area contributed by atoms with Gasteiger partial charge < -0.3 is 24.1 Å². The van der Waals surface area contributed by atoms with E-state index in [1.54, 1.807) is 88.4 Å². The summed E-state index contributed by atoms with van der Waals surface area (Å²) in [5.41, 5.74) is 5.76. The van der Waals surface area contributed by atoms with E-state index in [1.165, 1.54) is 5.56 Å². The fourth-order valence-electron chi connectivity index (χ4n) is 4.34. The molecule has 0 atom stereocenters. The van der Waals surface area contributed by atoms with Crippen molar-refractivity contribution in [1.29, 1.82) is 0 Å². The Morgan fingerprint density at radius 3 is 1.15 bits per heavy atom. The van der Waals surface area contributed by atoms with Gasteiger partial charge >= 0.3 is 17.9 Å². The zero-order valence-corrected chi connectivity index (χ0v) is 27.1. The number of carbonyl (C=O) groups excluding carboxylic acids is 2. The number of carbonyl (C=O) groups is 3. The molecule has 0 aliphatic rings. The molecule has 8 nitrogen and oxygen atoms in total. The topological polar surface area (TPSA) is 108 Å². The van der Waals surface area contributed by atoms with Crippen LogP contribution in [0.25, 0.3) is 0 Å². The Balaban J connectivity index is 0.000000251. The molecular weight excluding hydrogens is 584 g/mol. The lowest BCUT2D eigenvalue weighted by Crippen LogP contribution is -2.07. The van der Waals surface area contributed by atoms with Crippen molar-refractivity contribution >= 4 is 17.9 Å². The summed E-state index contributed by atoms with van der Waals surface area (Å²) in [6.07, 6.45) is 0. The van der Waals surface area contributed by atoms with Crippen molar-refractivity contribution in [3.05, 3.63) is 130 Å². The molecule has 46 heavy (non-hydrogen) atoms. The van der Waals surface area contributed by atoms with Gasteiger partial charge in [0.05, 0.1) is 5.56 Å². The van der Waals surface area contributed by atoms with Gasteiger partial charge in [-0.1, -0.05) is 30.9 Å². The van der Waals surface area contributed by atoms with E-state index in [0.29, 0.717) is 39.9 Å². The van der Waals surface area contributed by atoms with Gasteiger partial charge in [-0.05, 0) is 131 Å².